The van der Waals surface area contributed by atoms with Gasteiger partial charge in [-0.05, 0) is 12.2 Å². The van der Waals surface area contributed by atoms with Crippen molar-refractivity contribution in [3.8, 4) is 6.07 Å². The van der Waals surface area contributed by atoms with Crippen LogP contribution in [0, 0.1) is 11.3 Å². The maximum atomic E-state index is 8.74. The second kappa shape index (κ2) is 6.45. The molecule has 1 rings (SSSR count). The molecular weight excluding hydrogens is 170 g/mol. The van der Waals surface area contributed by atoms with Gasteiger partial charge in [0.25, 0.3) is 0 Å². The van der Waals surface area contributed by atoms with Crippen LogP contribution in [0.5, 0.6) is 0 Å². The molecule has 1 heteroatoms. The average molecular weight is 181 g/mol. The lowest BCUT2D eigenvalue weighted by atomic mass is 10.2. The minimum Gasteiger partial charge on any atom is -0.192 e. The summed E-state index contributed by atoms with van der Waals surface area (Å²) >= 11 is 0. The van der Waals surface area contributed by atoms with E-state index in [1.54, 1.807) is 12.2 Å². The van der Waals surface area contributed by atoms with Crippen LogP contribution in [0.15, 0.2) is 72.4 Å². The van der Waals surface area contributed by atoms with Crippen molar-refractivity contribution in [2.75, 3.05) is 0 Å². The van der Waals surface area contributed by atoms with Gasteiger partial charge in [0.2, 0.25) is 0 Å². The van der Waals surface area contributed by atoms with E-state index in [-0.39, 0.29) is 0 Å². The quantitative estimate of drug-likeness (QED) is 0.562. The highest BCUT2D eigenvalue weighted by Gasteiger charge is 1.83. The Morgan fingerprint density at radius 3 is 1.79 bits per heavy atom. The summed E-state index contributed by atoms with van der Waals surface area (Å²) in [5, 5.41) is 8.74. The molecule has 1 aliphatic rings. The van der Waals surface area contributed by atoms with Crippen molar-refractivity contribution < 1.29 is 0 Å². The molecule has 0 fully saturated rings. The van der Waals surface area contributed by atoms with E-state index in [9.17, 15) is 0 Å². The first kappa shape index (κ1) is 10.0. The third kappa shape index (κ3) is 4.08. The minimum atomic E-state index is 0.642. The van der Waals surface area contributed by atoms with Crippen LogP contribution in [0.2, 0.25) is 0 Å². The monoisotopic (exact) mass is 181 g/mol. The lowest BCUT2D eigenvalue weighted by Gasteiger charge is -1.83. The Morgan fingerprint density at radius 1 is 0.714 bits per heavy atom. The van der Waals surface area contributed by atoms with Crippen molar-refractivity contribution in [2.45, 2.75) is 0 Å². The molecule has 1 aliphatic carbocycles. The lowest BCUT2D eigenvalue weighted by molar-refractivity contribution is 1.50. The normalized spacial score (nSPS) is 24.6. The number of hydrogen-bond acceptors (Lipinski definition) is 1. The molecule has 0 saturated heterocycles. The fourth-order valence-corrected chi connectivity index (χ4v) is 0.898. The van der Waals surface area contributed by atoms with Gasteiger partial charge < -0.3 is 0 Å². The summed E-state index contributed by atoms with van der Waals surface area (Å²) in [6.45, 7) is 0. The molecule has 0 aromatic carbocycles. The Bertz CT molecular complexity index is 382. The summed E-state index contributed by atoms with van der Waals surface area (Å²) in [5.74, 6) is 0. The van der Waals surface area contributed by atoms with Crippen LogP contribution < -0.4 is 0 Å². The Hall–Kier alpha value is -2.07. The van der Waals surface area contributed by atoms with Crippen LogP contribution in [0.4, 0.5) is 0 Å². The number of allylic oxidation sites excluding steroid dienone is 12. The van der Waals surface area contributed by atoms with E-state index >= 15 is 0 Å². The minimum absolute atomic E-state index is 0.642. The second-order valence-corrected chi connectivity index (χ2v) is 2.63. The average Bonchev–Trinajstić information content (AvgIpc) is 2.19. The maximum Gasteiger partial charge on any atom is 0.0991 e. The number of hydrogen-bond donors (Lipinski definition) is 0. The summed E-state index contributed by atoms with van der Waals surface area (Å²) in [6, 6.07) is 2.10. The highest BCUT2D eigenvalue weighted by Crippen LogP contribution is 1.97. The summed E-state index contributed by atoms with van der Waals surface area (Å²) < 4.78 is 0. The molecule has 0 radical (unpaired) electrons. The van der Waals surface area contributed by atoms with Crippen molar-refractivity contribution in [1.82, 2.24) is 0 Å². The Labute approximate surface area is 84.4 Å². The molecule has 0 unspecified atom stereocenters. The molecule has 0 spiro atoms. The molecule has 0 aromatic rings. The topological polar surface area (TPSA) is 23.8 Å². The summed E-state index contributed by atoms with van der Waals surface area (Å²) in [6.07, 6.45) is 20.7. The highest BCUT2D eigenvalue weighted by atomic mass is 14.2. The first-order chi connectivity index (χ1) is 6.93. The second-order valence-electron chi connectivity index (χ2n) is 2.63. The zero-order chi connectivity index (χ0) is 10.1. The third-order valence-corrected chi connectivity index (χ3v) is 1.57. The number of rotatable bonds is 0. The summed E-state index contributed by atoms with van der Waals surface area (Å²) in [7, 11) is 0. The van der Waals surface area contributed by atoms with Crippen molar-refractivity contribution >= 4 is 0 Å². The highest BCUT2D eigenvalue weighted by molar-refractivity contribution is 5.38. The van der Waals surface area contributed by atoms with E-state index in [2.05, 4.69) is 6.07 Å². The van der Waals surface area contributed by atoms with Crippen molar-refractivity contribution in [3.05, 3.63) is 72.4 Å². The molecule has 0 N–H and O–H groups in total. The van der Waals surface area contributed by atoms with Gasteiger partial charge in [0.05, 0.1) is 11.6 Å². The SMILES string of the molecule is N#CC1=C\C=C/C=C\C=C\C=C\C=C1. The van der Waals surface area contributed by atoms with Gasteiger partial charge in [0, 0.05) is 0 Å². The summed E-state index contributed by atoms with van der Waals surface area (Å²) in [5.41, 5.74) is 0.642. The Kier molecular flexibility index (Phi) is 4.61. The van der Waals surface area contributed by atoms with Crippen LogP contribution in [-0.4, -0.2) is 0 Å². The zero-order valence-corrected chi connectivity index (χ0v) is 7.80. The molecule has 68 valence electrons. The van der Waals surface area contributed by atoms with E-state index in [0.717, 1.165) is 0 Å². The molecule has 14 heavy (non-hydrogen) atoms. The van der Waals surface area contributed by atoms with E-state index < -0.39 is 0 Å². The molecule has 0 saturated carbocycles. The van der Waals surface area contributed by atoms with E-state index in [0.29, 0.717) is 5.57 Å². The van der Waals surface area contributed by atoms with Gasteiger partial charge in [-0.25, -0.2) is 0 Å². The van der Waals surface area contributed by atoms with Crippen LogP contribution in [0.1, 0.15) is 0 Å². The molecule has 1 nitrogen and oxygen atoms in total. The predicted molar refractivity (Wildman–Crippen MR) is 59.4 cm³/mol. The first-order valence-corrected chi connectivity index (χ1v) is 4.38. The zero-order valence-electron chi connectivity index (χ0n) is 7.80. The molecule has 0 bridgehead atoms. The van der Waals surface area contributed by atoms with Gasteiger partial charge in [-0.3, -0.25) is 0 Å². The predicted octanol–water partition coefficient (Wildman–Crippen LogP) is 3.23. The molecule has 0 atom stereocenters. The Morgan fingerprint density at radius 2 is 1.21 bits per heavy atom. The van der Waals surface area contributed by atoms with E-state index in [4.69, 9.17) is 5.26 Å². The molecule has 0 heterocycles. The van der Waals surface area contributed by atoms with Gasteiger partial charge in [-0.1, -0.05) is 54.7 Å². The van der Waals surface area contributed by atoms with Crippen LogP contribution >= 0.6 is 0 Å². The smallest absolute Gasteiger partial charge is 0.0991 e. The number of nitrogens with zero attached hydrogens (tertiary/aromatic N) is 1. The van der Waals surface area contributed by atoms with Crippen LogP contribution in [-0.2, 0) is 0 Å². The molecular formula is C13H11N. The standard InChI is InChI=1S/C13H11N/c14-12-13-10-8-6-4-2-1-3-5-7-9-11-13/h1-11H/b2-1+,3-1?,4-2?,5-3-,6-4+,7-5?,8-6?,9-7-,10-8?,11-9?,13-10?,13-11?. The lowest BCUT2D eigenvalue weighted by Crippen LogP contribution is -1.69. The largest absolute Gasteiger partial charge is 0.192 e. The van der Waals surface area contributed by atoms with E-state index in [1.807, 2.05) is 54.7 Å². The Balaban J connectivity index is 2.87. The van der Waals surface area contributed by atoms with E-state index in [1.165, 1.54) is 0 Å². The van der Waals surface area contributed by atoms with Crippen LogP contribution in [0.3, 0.4) is 0 Å². The van der Waals surface area contributed by atoms with Gasteiger partial charge >= 0.3 is 0 Å². The molecule has 0 aromatic heterocycles. The maximum absolute atomic E-state index is 8.74. The molecule has 0 amide bonds. The van der Waals surface area contributed by atoms with Gasteiger partial charge in [0.15, 0.2) is 0 Å². The fourth-order valence-electron chi connectivity index (χ4n) is 0.898. The van der Waals surface area contributed by atoms with Crippen molar-refractivity contribution in [3.63, 3.8) is 0 Å². The fraction of sp³-hybridized carbons (Fsp3) is 0. The third-order valence-electron chi connectivity index (χ3n) is 1.57. The van der Waals surface area contributed by atoms with Crippen LogP contribution in [0.25, 0.3) is 0 Å². The van der Waals surface area contributed by atoms with Crippen molar-refractivity contribution in [2.24, 2.45) is 0 Å². The molecule has 0 aliphatic heterocycles. The number of nitriles is 1. The summed E-state index contributed by atoms with van der Waals surface area (Å²) in [4.78, 5) is 0. The van der Waals surface area contributed by atoms with Crippen molar-refractivity contribution in [1.29, 1.82) is 5.26 Å². The van der Waals surface area contributed by atoms with Gasteiger partial charge in [0.1, 0.15) is 0 Å². The van der Waals surface area contributed by atoms with Gasteiger partial charge in [-0.2, -0.15) is 5.26 Å². The first-order valence-electron chi connectivity index (χ1n) is 4.38. The van der Waals surface area contributed by atoms with Gasteiger partial charge in [-0.15, -0.1) is 0 Å².